The van der Waals surface area contributed by atoms with Crippen LogP contribution in [0.4, 0.5) is 13.2 Å². The van der Waals surface area contributed by atoms with E-state index < -0.39 is 11.7 Å². The highest BCUT2D eigenvalue weighted by molar-refractivity contribution is 5.85. The second-order valence-electron chi connectivity index (χ2n) is 6.21. The Kier molecular flexibility index (Phi) is 5.57. The Morgan fingerprint density at radius 2 is 1.78 bits per heavy atom. The molecule has 1 amide bonds. The average molecular weight is 349 g/mol. The topological polar surface area (TPSA) is 41.1 Å². The molecule has 2 bridgehead atoms. The molecule has 7 heteroatoms. The molecule has 23 heavy (non-hydrogen) atoms. The van der Waals surface area contributed by atoms with Gasteiger partial charge in [0.2, 0.25) is 5.91 Å². The number of amides is 1. The Bertz CT molecular complexity index is 553. The monoisotopic (exact) mass is 348 g/mol. The summed E-state index contributed by atoms with van der Waals surface area (Å²) in [6, 6.07) is 6.21. The van der Waals surface area contributed by atoms with Crippen LogP contribution in [0.25, 0.3) is 0 Å². The molecule has 1 aromatic carbocycles. The van der Waals surface area contributed by atoms with Gasteiger partial charge in [0.25, 0.3) is 0 Å². The Balaban J connectivity index is 0.00000192. The second kappa shape index (κ2) is 7.09. The van der Waals surface area contributed by atoms with Gasteiger partial charge in [-0.05, 0) is 37.3 Å². The number of piperidine rings is 1. The Labute approximate surface area is 139 Å². The zero-order chi connectivity index (χ0) is 15.7. The van der Waals surface area contributed by atoms with E-state index in [1.807, 2.05) is 0 Å². The van der Waals surface area contributed by atoms with Crippen LogP contribution in [-0.4, -0.2) is 24.0 Å². The van der Waals surface area contributed by atoms with Gasteiger partial charge < -0.3 is 10.6 Å². The number of benzene rings is 1. The first-order chi connectivity index (χ1) is 10.4. The van der Waals surface area contributed by atoms with E-state index in [-0.39, 0.29) is 36.3 Å². The quantitative estimate of drug-likeness (QED) is 0.881. The molecule has 2 unspecified atom stereocenters. The lowest BCUT2D eigenvalue weighted by Gasteiger charge is -2.29. The summed E-state index contributed by atoms with van der Waals surface area (Å²) in [6.45, 7) is 0. The van der Waals surface area contributed by atoms with Crippen LogP contribution in [0.2, 0.25) is 0 Å². The van der Waals surface area contributed by atoms with E-state index in [1.54, 1.807) is 0 Å². The maximum absolute atomic E-state index is 12.9. The first kappa shape index (κ1) is 18.1. The number of fused-ring (bicyclic) bond motifs is 2. The van der Waals surface area contributed by atoms with E-state index in [4.69, 9.17) is 0 Å². The predicted molar refractivity (Wildman–Crippen MR) is 83.5 cm³/mol. The first-order valence-corrected chi connectivity index (χ1v) is 7.62. The van der Waals surface area contributed by atoms with Crippen LogP contribution in [0.3, 0.4) is 0 Å². The second-order valence-corrected chi connectivity index (χ2v) is 6.21. The smallest absolute Gasteiger partial charge is 0.353 e. The number of rotatable bonds is 3. The number of carbonyl (C=O) groups is 1. The van der Waals surface area contributed by atoms with Gasteiger partial charge in [-0.2, -0.15) is 13.2 Å². The first-order valence-electron chi connectivity index (χ1n) is 7.62. The summed E-state index contributed by atoms with van der Waals surface area (Å²) in [5.41, 5.74) is -0.695. The SMILES string of the molecule is Cl.O=C(Cc1ccccc1C(F)(F)F)NC1CC2CCC(C1)N2. The van der Waals surface area contributed by atoms with Crippen LogP contribution in [0.15, 0.2) is 24.3 Å². The lowest BCUT2D eigenvalue weighted by molar-refractivity contribution is -0.138. The lowest BCUT2D eigenvalue weighted by atomic mass is 9.99. The Morgan fingerprint density at radius 3 is 2.39 bits per heavy atom. The summed E-state index contributed by atoms with van der Waals surface area (Å²) < 4.78 is 38.8. The zero-order valence-electron chi connectivity index (χ0n) is 12.5. The highest BCUT2D eigenvalue weighted by Crippen LogP contribution is 2.32. The largest absolute Gasteiger partial charge is 0.416 e. The van der Waals surface area contributed by atoms with Gasteiger partial charge in [-0.15, -0.1) is 12.4 Å². The average Bonchev–Trinajstić information content (AvgIpc) is 2.77. The molecule has 0 radical (unpaired) electrons. The maximum atomic E-state index is 12.9. The van der Waals surface area contributed by atoms with Crippen LogP contribution in [0, 0.1) is 0 Å². The number of halogens is 4. The van der Waals surface area contributed by atoms with Crippen molar-refractivity contribution in [1.82, 2.24) is 10.6 Å². The van der Waals surface area contributed by atoms with Crippen LogP contribution >= 0.6 is 12.4 Å². The van der Waals surface area contributed by atoms with Crippen molar-refractivity contribution >= 4 is 18.3 Å². The minimum absolute atomic E-state index is 0. The highest BCUT2D eigenvalue weighted by atomic mass is 35.5. The van der Waals surface area contributed by atoms with Gasteiger partial charge in [-0.25, -0.2) is 0 Å². The van der Waals surface area contributed by atoms with E-state index in [0.29, 0.717) is 12.1 Å². The fourth-order valence-corrected chi connectivity index (χ4v) is 3.58. The molecule has 3 rings (SSSR count). The maximum Gasteiger partial charge on any atom is 0.416 e. The molecule has 2 N–H and O–H groups in total. The molecule has 0 saturated carbocycles. The van der Waals surface area contributed by atoms with Gasteiger partial charge in [-0.1, -0.05) is 18.2 Å². The van der Waals surface area contributed by atoms with E-state index in [2.05, 4.69) is 10.6 Å². The molecule has 2 atom stereocenters. The van der Waals surface area contributed by atoms with E-state index in [1.165, 1.54) is 18.2 Å². The van der Waals surface area contributed by atoms with Gasteiger partial charge in [0.15, 0.2) is 0 Å². The molecule has 0 aromatic heterocycles. The standard InChI is InChI=1S/C16H19F3N2O.ClH/c17-16(18,19)14-4-2-1-3-10(14)7-15(22)21-13-8-11-5-6-12(9-13)20-11;/h1-4,11-13,20H,5-9H2,(H,21,22);1H. The van der Waals surface area contributed by atoms with Crippen LogP contribution in [0.5, 0.6) is 0 Å². The van der Waals surface area contributed by atoms with Crippen molar-refractivity contribution in [3.8, 4) is 0 Å². The Morgan fingerprint density at radius 1 is 1.17 bits per heavy atom. The molecular formula is C16H20ClF3N2O. The molecule has 2 aliphatic heterocycles. The van der Waals surface area contributed by atoms with Crippen molar-refractivity contribution in [2.75, 3.05) is 0 Å². The third-order valence-electron chi connectivity index (χ3n) is 4.51. The van der Waals surface area contributed by atoms with Crippen molar-refractivity contribution in [3.63, 3.8) is 0 Å². The summed E-state index contributed by atoms with van der Waals surface area (Å²) >= 11 is 0. The number of alkyl halides is 3. The van der Waals surface area contributed by atoms with Gasteiger partial charge in [0.1, 0.15) is 0 Å². The number of hydrogen-bond acceptors (Lipinski definition) is 2. The molecule has 2 fully saturated rings. The number of hydrogen-bond donors (Lipinski definition) is 2. The fraction of sp³-hybridized carbons (Fsp3) is 0.562. The van der Waals surface area contributed by atoms with Crippen LogP contribution in [0.1, 0.15) is 36.8 Å². The van der Waals surface area contributed by atoms with E-state index in [0.717, 1.165) is 31.7 Å². The molecule has 128 valence electrons. The molecular weight excluding hydrogens is 329 g/mol. The fourth-order valence-electron chi connectivity index (χ4n) is 3.58. The molecule has 0 spiro atoms. The van der Waals surface area contributed by atoms with Crippen LogP contribution < -0.4 is 10.6 Å². The van der Waals surface area contributed by atoms with Crippen molar-refractivity contribution in [2.45, 2.75) is 56.4 Å². The normalized spacial score (nSPS) is 26.5. The van der Waals surface area contributed by atoms with Gasteiger partial charge >= 0.3 is 6.18 Å². The van der Waals surface area contributed by atoms with Gasteiger partial charge in [0.05, 0.1) is 12.0 Å². The number of nitrogens with one attached hydrogen (secondary N) is 2. The molecule has 2 saturated heterocycles. The predicted octanol–water partition coefficient (Wildman–Crippen LogP) is 3.07. The molecule has 1 aromatic rings. The lowest BCUT2D eigenvalue weighted by Crippen LogP contribution is -2.48. The van der Waals surface area contributed by atoms with E-state index >= 15 is 0 Å². The summed E-state index contributed by atoms with van der Waals surface area (Å²) in [7, 11) is 0. The van der Waals surface area contributed by atoms with Crippen molar-refractivity contribution in [2.24, 2.45) is 0 Å². The highest BCUT2D eigenvalue weighted by Gasteiger charge is 2.35. The molecule has 2 aliphatic rings. The molecule has 3 nitrogen and oxygen atoms in total. The summed E-state index contributed by atoms with van der Waals surface area (Å²) in [5, 5.41) is 6.37. The summed E-state index contributed by atoms with van der Waals surface area (Å²) in [6.07, 6.45) is -0.687. The minimum Gasteiger partial charge on any atom is -0.353 e. The van der Waals surface area contributed by atoms with E-state index in [9.17, 15) is 18.0 Å². The Hall–Kier alpha value is -1.27. The third kappa shape index (κ3) is 4.38. The summed E-state index contributed by atoms with van der Waals surface area (Å²) in [4.78, 5) is 12.1. The minimum atomic E-state index is -4.43. The van der Waals surface area contributed by atoms with Gasteiger partial charge in [-0.3, -0.25) is 4.79 Å². The number of carbonyl (C=O) groups excluding carboxylic acids is 1. The van der Waals surface area contributed by atoms with Gasteiger partial charge in [0, 0.05) is 18.1 Å². The molecule has 0 aliphatic carbocycles. The van der Waals surface area contributed by atoms with Crippen molar-refractivity contribution < 1.29 is 18.0 Å². The summed E-state index contributed by atoms with van der Waals surface area (Å²) in [5.74, 6) is -0.331. The third-order valence-corrected chi connectivity index (χ3v) is 4.51. The van der Waals surface area contributed by atoms with Crippen LogP contribution in [-0.2, 0) is 17.4 Å². The van der Waals surface area contributed by atoms with Crippen molar-refractivity contribution in [3.05, 3.63) is 35.4 Å². The zero-order valence-corrected chi connectivity index (χ0v) is 13.3. The molecule has 2 heterocycles. The van der Waals surface area contributed by atoms with Crippen molar-refractivity contribution in [1.29, 1.82) is 0 Å².